The van der Waals surface area contributed by atoms with Crippen LogP contribution >= 0.6 is 0 Å². The molecule has 264 valence electrons. The summed E-state index contributed by atoms with van der Waals surface area (Å²) in [7, 11) is 0. The van der Waals surface area contributed by atoms with Gasteiger partial charge in [0.15, 0.2) is 17.5 Å². The third-order valence-corrected chi connectivity index (χ3v) is 10.1. The van der Waals surface area contributed by atoms with E-state index in [1.807, 2.05) is 54.6 Å². The second-order valence-corrected chi connectivity index (χ2v) is 13.7. The first kappa shape index (κ1) is 33.0. The van der Waals surface area contributed by atoms with Crippen molar-refractivity contribution >= 4 is 39.0 Å². The molecule has 10 rings (SSSR count). The van der Waals surface area contributed by atoms with E-state index in [1.54, 1.807) is 0 Å². The van der Waals surface area contributed by atoms with Gasteiger partial charge in [0.1, 0.15) is 11.2 Å². The number of aromatic nitrogens is 3. The molecule has 0 amide bonds. The zero-order valence-corrected chi connectivity index (χ0v) is 30.3. The summed E-state index contributed by atoms with van der Waals surface area (Å²) < 4.78 is 6.65. The number of hydrogen-bond acceptors (Lipinski definition) is 5. The van der Waals surface area contributed by atoms with E-state index in [0.717, 1.165) is 66.8 Å². The summed E-state index contributed by atoms with van der Waals surface area (Å²) >= 11 is 0. The molecule has 2 heterocycles. The summed E-state index contributed by atoms with van der Waals surface area (Å²) in [6.07, 6.45) is 0. The lowest BCUT2D eigenvalue weighted by atomic mass is 10.0. The molecule has 10 aromatic rings. The van der Waals surface area contributed by atoms with Crippen LogP contribution < -0.4 is 4.90 Å². The zero-order valence-electron chi connectivity index (χ0n) is 30.3. The van der Waals surface area contributed by atoms with Crippen LogP contribution in [0.1, 0.15) is 0 Å². The molecule has 0 spiro atoms. The van der Waals surface area contributed by atoms with Gasteiger partial charge in [-0.1, -0.05) is 152 Å². The minimum atomic E-state index is 0.575. The Hall–Kier alpha value is -7.63. The summed E-state index contributed by atoms with van der Waals surface area (Å²) in [4.78, 5) is 17.4. The van der Waals surface area contributed by atoms with Gasteiger partial charge in [0.2, 0.25) is 0 Å². The van der Waals surface area contributed by atoms with Crippen LogP contribution in [0.3, 0.4) is 0 Å². The molecule has 0 fully saturated rings. The van der Waals surface area contributed by atoms with Crippen molar-refractivity contribution in [3.05, 3.63) is 206 Å². The van der Waals surface area contributed by atoms with Crippen LogP contribution in [0.15, 0.2) is 211 Å². The van der Waals surface area contributed by atoms with Crippen molar-refractivity contribution in [2.75, 3.05) is 4.90 Å². The smallest absolute Gasteiger partial charge is 0.164 e. The molecule has 8 aromatic carbocycles. The molecule has 0 bridgehead atoms. The lowest BCUT2D eigenvalue weighted by Gasteiger charge is -2.26. The van der Waals surface area contributed by atoms with E-state index in [1.165, 1.54) is 11.1 Å². The molecular weight excluding hydrogens is 685 g/mol. The Morgan fingerprint density at radius 3 is 1.45 bits per heavy atom. The molecule has 5 heteroatoms. The van der Waals surface area contributed by atoms with Crippen LogP contribution in [0.4, 0.5) is 17.1 Å². The molecule has 0 aliphatic heterocycles. The summed E-state index contributed by atoms with van der Waals surface area (Å²) in [5, 5.41) is 2.04. The first-order valence-electron chi connectivity index (χ1n) is 18.7. The van der Waals surface area contributed by atoms with E-state index in [4.69, 9.17) is 19.4 Å². The highest BCUT2D eigenvalue weighted by Crippen LogP contribution is 2.44. The lowest BCUT2D eigenvalue weighted by Crippen LogP contribution is -2.10. The van der Waals surface area contributed by atoms with Crippen molar-refractivity contribution < 1.29 is 4.42 Å². The average molecular weight is 719 g/mol. The zero-order chi connectivity index (χ0) is 37.3. The average Bonchev–Trinajstić information content (AvgIpc) is 3.67. The fraction of sp³-hybridized carbons (Fsp3) is 0. The second-order valence-electron chi connectivity index (χ2n) is 13.7. The SMILES string of the molecule is c1ccc(-c2ccc(N(c3ccccc3)c3cccc4oc5cc(-c6nc(-c7ccccc7)nc(-c7cccc(-c8ccccc8)c7)n6)ccc5c34)cc2)cc1. The highest BCUT2D eigenvalue weighted by atomic mass is 16.3. The molecule has 56 heavy (non-hydrogen) atoms. The van der Waals surface area contributed by atoms with Crippen molar-refractivity contribution in [3.63, 3.8) is 0 Å². The van der Waals surface area contributed by atoms with Crippen molar-refractivity contribution in [2.45, 2.75) is 0 Å². The van der Waals surface area contributed by atoms with Gasteiger partial charge < -0.3 is 9.32 Å². The quantitative estimate of drug-likeness (QED) is 0.157. The first-order valence-corrected chi connectivity index (χ1v) is 18.7. The second kappa shape index (κ2) is 14.3. The molecular formula is C51H34N4O. The summed E-state index contributed by atoms with van der Waals surface area (Å²) in [6, 6.07) is 71.0. The van der Waals surface area contributed by atoms with Crippen LogP contribution in [0.5, 0.6) is 0 Å². The van der Waals surface area contributed by atoms with Crippen molar-refractivity contribution in [1.29, 1.82) is 0 Å². The topological polar surface area (TPSA) is 55.1 Å². The number of rotatable bonds is 8. The van der Waals surface area contributed by atoms with Crippen molar-refractivity contribution in [3.8, 4) is 56.4 Å². The van der Waals surface area contributed by atoms with Crippen LogP contribution in [0, 0.1) is 0 Å². The predicted molar refractivity (Wildman–Crippen MR) is 229 cm³/mol. The van der Waals surface area contributed by atoms with Crippen LogP contribution in [-0.4, -0.2) is 15.0 Å². The van der Waals surface area contributed by atoms with E-state index >= 15 is 0 Å². The van der Waals surface area contributed by atoms with E-state index in [2.05, 4.69) is 157 Å². The Labute approximate surface area is 324 Å². The van der Waals surface area contributed by atoms with Gasteiger partial charge >= 0.3 is 0 Å². The Kier molecular flexibility index (Phi) is 8.43. The number of furan rings is 1. The Balaban J connectivity index is 1.09. The normalized spacial score (nSPS) is 11.2. The Morgan fingerprint density at radius 1 is 0.321 bits per heavy atom. The number of hydrogen-bond donors (Lipinski definition) is 0. The number of fused-ring (bicyclic) bond motifs is 3. The summed E-state index contributed by atoms with van der Waals surface area (Å²) in [6.45, 7) is 0. The molecule has 5 nitrogen and oxygen atoms in total. The van der Waals surface area contributed by atoms with Gasteiger partial charge in [0, 0.05) is 33.5 Å². The Bertz CT molecular complexity index is 2950. The number of benzene rings is 8. The minimum absolute atomic E-state index is 0.575. The molecule has 0 unspecified atom stereocenters. The van der Waals surface area contributed by atoms with E-state index in [0.29, 0.717) is 17.5 Å². The van der Waals surface area contributed by atoms with Gasteiger partial charge in [-0.25, -0.2) is 15.0 Å². The molecule has 2 aromatic heterocycles. The summed E-state index contributed by atoms with van der Waals surface area (Å²) in [5.74, 6) is 1.79. The maximum Gasteiger partial charge on any atom is 0.164 e. The van der Waals surface area contributed by atoms with Crippen LogP contribution in [-0.2, 0) is 0 Å². The first-order chi connectivity index (χ1) is 27.7. The van der Waals surface area contributed by atoms with Crippen LogP contribution in [0.25, 0.3) is 78.4 Å². The van der Waals surface area contributed by atoms with Gasteiger partial charge in [0.25, 0.3) is 0 Å². The number of nitrogens with zero attached hydrogens (tertiary/aromatic N) is 4. The largest absolute Gasteiger partial charge is 0.456 e. The molecule has 0 atom stereocenters. The van der Waals surface area contributed by atoms with E-state index in [-0.39, 0.29) is 0 Å². The summed E-state index contributed by atoms with van der Waals surface area (Å²) in [5.41, 5.74) is 12.0. The third-order valence-electron chi connectivity index (χ3n) is 10.1. The van der Waals surface area contributed by atoms with Gasteiger partial charge in [-0.05, 0) is 76.9 Å². The van der Waals surface area contributed by atoms with Crippen molar-refractivity contribution in [1.82, 2.24) is 15.0 Å². The molecule has 0 radical (unpaired) electrons. The minimum Gasteiger partial charge on any atom is -0.456 e. The monoisotopic (exact) mass is 718 g/mol. The number of anilines is 3. The fourth-order valence-corrected chi connectivity index (χ4v) is 7.39. The Morgan fingerprint density at radius 2 is 0.786 bits per heavy atom. The third kappa shape index (κ3) is 6.27. The standard InChI is InChI=1S/C51H34N4O/c1-5-15-35(16-6-1)37-27-30-43(31-28-37)55(42-23-11-4-12-24-42)45-25-14-26-46-48(45)44-32-29-41(34-47(44)56-46)51-53-49(38-19-9-3-10-20-38)52-50(54-51)40-22-13-21-39(33-40)36-17-7-2-8-18-36/h1-34H. The highest BCUT2D eigenvalue weighted by Gasteiger charge is 2.21. The van der Waals surface area contributed by atoms with E-state index in [9.17, 15) is 0 Å². The lowest BCUT2D eigenvalue weighted by molar-refractivity contribution is 0.669. The maximum atomic E-state index is 6.65. The molecule has 0 N–H and O–H groups in total. The van der Waals surface area contributed by atoms with Gasteiger partial charge in [-0.2, -0.15) is 0 Å². The molecule has 0 aliphatic rings. The van der Waals surface area contributed by atoms with Gasteiger partial charge in [-0.15, -0.1) is 0 Å². The van der Waals surface area contributed by atoms with Gasteiger partial charge in [-0.3, -0.25) is 0 Å². The number of para-hydroxylation sites is 1. The maximum absolute atomic E-state index is 6.65. The molecule has 0 saturated heterocycles. The fourth-order valence-electron chi connectivity index (χ4n) is 7.39. The molecule has 0 saturated carbocycles. The van der Waals surface area contributed by atoms with E-state index < -0.39 is 0 Å². The van der Waals surface area contributed by atoms with Crippen LogP contribution in [0.2, 0.25) is 0 Å². The van der Waals surface area contributed by atoms with Gasteiger partial charge in [0.05, 0.1) is 11.1 Å². The predicted octanol–water partition coefficient (Wildman–Crippen LogP) is 13.6. The van der Waals surface area contributed by atoms with Crippen molar-refractivity contribution in [2.24, 2.45) is 0 Å². The molecule has 0 aliphatic carbocycles. The highest BCUT2D eigenvalue weighted by molar-refractivity contribution is 6.14.